The molecule has 1 amide bonds. The van der Waals surface area contributed by atoms with Gasteiger partial charge in [-0.2, -0.15) is 13.2 Å². The fourth-order valence-corrected chi connectivity index (χ4v) is 8.52. The van der Waals surface area contributed by atoms with E-state index < -0.39 is 28.9 Å². The van der Waals surface area contributed by atoms with E-state index >= 15 is 0 Å². The number of alkyl halides is 3. The molecule has 5 aliphatic rings. The molecule has 2 unspecified atom stereocenters. The number of benzene rings is 2. The minimum Gasteiger partial charge on any atom is -0.487 e. The van der Waals surface area contributed by atoms with Gasteiger partial charge in [-0.05, 0) is 86.4 Å². The van der Waals surface area contributed by atoms with Gasteiger partial charge in [0, 0.05) is 32.2 Å². The smallest absolute Gasteiger partial charge is 0.416 e. The third-order valence-electron chi connectivity index (χ3n) is 10.4. The van der Waals surface area contributed by atoms with E-state index in [1.165, 1.54) is 43.5 Å². The molecule has 2 heterocycles. The maximum absolute atomic E-state index is 13.5. The SMILES string of the molecule is CC(=O)O[C@@]12CCC(N(C)C(=O)/C=C/c3cccc(C(F)(F)F)c3)C3Oc4cccc5c4[C@@]31CCN(CC1CC1)[C@@H]2C5. The number of hydrogen-bond acceptors (Lipinski definition) is 5. The van der Waals surface area contributed by atoms with Gasteiger partial charge in [0.05, 0.1) is 23.1 Å². The molecule has 3 fully saturated rings. The number of carbonyl (C=O) groups is 2. The van der Waals surface area contributed by atoms with Gasteiger partial charge in [-0.3, -0.25) is 14.5 Å². The summed E-state index contributed by atoms with van der Waals surface area (Å²) in [5.41, 5.74) is 0.549. The van der Waals surface area contributed by atoms with Gasteiger partial charge in [-0.1, -0.05) is 24.3 Å². The molecule has 6 nitrogen and oxygen atoms in total. The molecule has 2 bridgehead atoms. The molecule has 7 rings (SSSR count). The second-order valence-corrected chi connectivity index (χ2v) is 12.7. The number of halogens is 3. The number of esters is 1. The van der Waals surface area contributed by atoms with E-state index in [0.717, 1.165) is 49.4 Å². The van der Waals surface area contributed by atoms with Crippen LogP contribution in [0.4, 0.5) is 13.2 Å². The van der Waals surface area contributed by atoms with E-state index in [1.54, 1.807) is 18.0 Å². The van der Waals surface area contributed by atoms with Crippen LogP contribution in [0, 0.1) is 5.92 Å². The van der Waals surface area contributed by atoms with Crippen molar-refractivity contribution < 1.29 is 32.2 Å². The summed E-state index contributed by atoms with van der Waals surface area (Å²) in [7, 11) is 1.73. The summed E-state index contributed by atoms with van der Waals surface area (Å²) in [6.07, 6.45) is 3.10. The topological polar surface area (TPSA) is 59.1 Å². The van der Waals surface area contributed by atoms with E-state index in [-0.39, 0.29) is 24.0 Å². The first-order valence-electron chi connectivity index (χ1n) is 14.9. The molecule has 0 radical (unpaired) electrons. The molecule has 0 N–H and O–H groups in total. The third-order valence-corrected chi connectivity index (χ3v) is 10.4. The average Bonchev–Trinajstić information content (AvgIpc) is 3.70. The van der Waals surface area contributed by atoms with Crippen molar-refractivity contribution in [1.82, 2.24) is 9.80 Å². The number of nitrogens with zero attached hydrogens (tertiary/aromatic N) is 2. The Balaban J connectivity index is 1.23. The van der Waals surface area contributed by atoms with Crippen molar-refractivity contribution in [1.29, 1.82) is 0 Å². The van der Waals surface area contributed by atoms with Gasteiger partial charge < -0.3 is 14.4 Å². The Bertz CT molecular complexity index is 1470. The lowest BCUT2D eigenvalue weighted by molar-refractivity contribution is -0.223. The molecule has 2 aromatic rings. The second kappa shape index (κ2) is 9.59. The molecule has 42 heavy (non-hydrogen) atoms. The highest BCUT2D eigenvalue weighted by Gasteiger charge is 2.75. The molecule has 2 aromatic carbocycles. The number of likely N-dealkylation sites (N-methyl/N-ethyl adjacent to an activating group) is 1. The number of amides is 1. The fraction of sp³-hybridized carbons (Fsp3) is 0.515. The minimum atomic E-state index is -4.46. The molecule has 2 saturated carbocycles. The standard InChI is InChI=1S/C33H35F3N2O4/c1-20(39)42-32-14-13-25(37(2)28(40)12-11-21-5-3-7-24(17-21)33(34,35)36)30-31(32)15-16-38(19-22-9-10-22)27(32)18-23-6-4-8-26(41-30)29(23)31/h3-8,11-12,17,22,25,27,30H,9-10,13-16,18-19H2,1-2H3/b12-11+/t25?,27-,30?,31+,32-/m1/s1. The van der Waals surface area contributed by atoms with Crippen LogP contribution in [0.2, 0.25) is 0 Å². The van der Waals surface area contributed by atoms with Gasteiger partial charge in [-0.25, -0.2) is 0 Å². The van der Waals surface area contributed by atoms with E-state index in [4.69, 9.17) is 9.47 Å². The largest absolute Gasteiger partial charge is 0.487 e. The third kappa shape index (κ3) is 4.10. The predicted molar refractivity (Wildman–Crippen MR) is 150 cm³/mol. The van der Waals surface area contributed by atoms with Crippen LogP contribution in [0.5, 0.6) is 5.75 Å². The Morgan fingerprint density at radius 1 is 1.14 bits per heavy atom. The lowest BCUT2D eigenvalue weighted by Crippen LogP contribution is -2.79. The summed E-state index contributed by atoms with van der Waals surface area (Å²) < 4.78 is 52.8. The highest BCUT2D eigenvalue weighted by atomic mass is 19.4. The van der Waals surface area contributed by atoms with Crippen LogP contribution in [-0.4, -0.2) is 65.6 Å². The van der Waals surface area contributed by atoms with Gasteiger partial charge in [0.1, 0.15) is 17.5 Å². The molecular formula is C33H35F3N2O4. The van der Waals surface area contributed by atoms with Crippen LogP contribution in [-0.2, 0) is 32.3 Å². The minimum absolute atomic E-state index is 0.0328. The quantitative estimate of drug-likeness (QED) is 0.339. The van der Waals surface area contributed by atoms with Crippen molar-refractivity contribution in [2.75, 3.05) is 20.1 Å². The van der Waals surface area contributed by atoms with Gasteiger partial charge in [0.2, 0.25) is 5.91 Å². The van der Waals surface area contributed by atoms with E-state index in [2.05, 4.69) is 11.0 Å². The van der Waals surface area contributed by atoms with Crippen LogP contribution >= 0.6 is 0 Å². The Hall–Kier alpha value is -3.33. The van der Waals surface area contributed by atoms with Crippen LogP contribution < -0.4 is 4.74 Å². The fourth-order valence-electron chi connectivity index (χ4n) is 8.52. The first kappa shape index (κ1) is 27.5. The van der Waals surface area contributed by atoms with Crippen molar-refractivity contribution in [3.05, 3.63) is 70.8 Å². The first-order valence-corrected chi connectivity index (χ1v) is 14.9. The zero-order valence-corrected chi connectivity index (χ0v) is 23.8. The Morgan fingerprint density at radius 3 is 2.67 bits per heavy atom. The molecular weight excluding hydrogens is 545 g/mol. The zero-order valence-electron chi connectivity index (χ0n) is 23.8. The number of piperidine rings is 1. The average molecular weight is 581 g/mol. The number of carbonyl (C=O) groups excluding carboxylic acids is 2. The van der Waals surface area contributed by atoms with Crippen LogP contribution in [0.25, 0.3) is 6.08 Å². The van der Waals surface area contributed by atoms with Crippen LogP contribution in [0.15, 0.2) is 48.5 Å². The molecule has 3 aliphatic carbocycles. The summed E-state index contributed by atoms with van der Waals surface area (Å²) in [5.74, 6) is 0.883. The molecule has 1 spiro atoms. The Morgan fingerprint density at radius 2 is 1.93 bits per heavy atom. The van der Waals surface area contributed by atoms with Crippen molar-refractivity contribution in [3.63, 3.8) is 0 Å². The van der Waals surface area contributed by atoms with Gasteiger partial charge in [0.15, 0.2) is 0 Å². The van der Waals surface area contributed by atoms with E-state index in [9.17, 15) is 22.8 Å². The molecule has 5 atom stereocenters. The van der Waals surface area contributed by atoms with Crippen molar-refractivity contribution in [3.8, 4) is 5.75 Å². The summed E-state index contributed by atoms with van der Waals surface area (Å²) in [4.78, 5) is 30.5. The molecule has 1 saturated heterocycles. The zero-order chi connectivity index (χ0) is 29.4. The maximum Gasteiger partial charge on any atom is 0.416 e. The van der Waals surface area contributed by atoms with Crippen LogP contribution in [0.1, 0.15) is 61.3 Å². The predicted octanol–water partition coefficient (Wildman–Crippen LogP) is 5.38. The van der Waals surface area contributed by atoms with Crippen molar-refractivity contribution >= 4 is 18.0 Å². The second-order valence-electron chi connectivity index (χ2n) is 12.7. The first-order chi connectivity index (χ1) is 20.0. The lowest BCUT2D eigenvalue weighted by Gasteiger charge is -2.65. The number of hydrogen-bond donors (Lipinski definition) is 0. The maximum atomic E-state index is 13.5. The van der Waals surface area contributed by atoms with Crippen molar-refractivity contribution in [2.24, 2.45) is 5.92 Å². The van der Waals surface area contributed by atoms with Crippen LogP contribution in [0.3, 0.4) is 0 Å². The summed E-state index contributed by atoms with van der Waals surface area (Å²) in [6, 6.07) is 10.8. The highest BCUT2D eigenvalue weighted by molar-refractivity contribution is 5.92. The highest BCUT2D eigenvalue weighted by Crippen LogP contribution is 2.66. The number of rotatable bonds is 6. The van der Waals surface area contributed by atoms with Gasteiger partial charge in [0.25, 0.3) is 0 Å². The number of likely N-dealkylation sites (tertiary alicyclic amines) is 1. The lowest BCUT2D eigenvalue weighted by atomic mass is 9.48. The summed E-state index contributed by atoms with van der Waals surface area (Å²) >= 11 is 0. The Labute approximate surface area is 243 Å². The molecule has 222 valence electrons. The summed E-state index contributed by atoms with van der Waals surface area (Å²) in [5, 5.41) is 0. The monoisotopic (exact) mass is 580 g/mol. The molecule has 2 aliphatic heterocycles. The summed E-state index contributed by atoms with van der Waals surface area (Å²) in [6.45, 7) is 3.36. The van der Waals surface area contributed by atoms with Gasteiger partial charge >= 0.3 is 12.1 Å². The normalized spacial score (nSPS) is 31.4. The van der Waals surface area contributed by atoms with E-state index in [0.29, 0.717) is 24.3 Å². The number of ether oxygens (including phenoxy) is 2. The molecule has 9 heteroatoms. The van der Waals surface area contributed by atoms with Crippen molar-refractivity contribution in [2.45, 2.75) is 80.8 Å². The molecule has 0 aromatic heterocycles. The van der Waals surface area contributed by atoms with E-state index in [1.807, 2.05) is 12.1 Å². The van der Waals surface area contributed by atoms with Gasteiger partial charge in [-0.15, -0.1) is 0 Å². The Kier molecular flexibility index (Phi) is 6.28.